The molecule has 5 aliphatic rings. The van der Waals surface area contributed by atoms with Gasteiger partial charge in [-0.05, 0) is 90.4 Å². The average molecular weight is 682 g/mol. The normalized spacial score (nSPS) is 34.6. The summed E-state index contributed by atoms with van der Waals surface area (Å²) in [4.78, 5) is 5.20. The van der Waals surface area contributed by atoms with E-state index in [1.807, 2.05) is 22.8 Å². The molecule has 4 bridgehead atoms. The highest BCUT2D eigenvalue weighted by atomic mass is 32.2. The third-order valence-electron chi connectivity index (χ3n) is 11.3. The third kappa shape index (κ3) is 7.62. The molecule has 4 aliphatic heterocycles. The number of hydrogen-bond donors (Lipinski definition) is 4. The van der Waals surface area contributed by atoms with Crippen molar-refractivity contribution in [1.29, 1.82) is 0 Å². The summed E-state index contributed by atoms with van der Waals surface area (Å²) in [5, 5.41) is 27.8. The maximum atomic E-state index is 13.4. The predicted octanol–water partition coefficient (Wildman–Crippen LogP) is 4.39. The summed E-state index contributed by atoms with van der Waals surface area (Å²) >= 11 is 1.82. The van der Waals surface area contributed by atoms with Crippen LogP contribution in [0.2, 0.25) is 0 Å². The lowest BCUT2D eigenvalue weighted by Gasteiger charge is -2.47. The summed E-state index contributed by atoms with van der Waals surface area (Å²) in [6.45, 7) is 8.40. The lowest BCUT2D eigenvalue weighted by atomic mass is 9.90. The van der Waals surface area contributed by atoms with Crippen molar-refractivity contribution in [2.45, 2.75) is 127 Å². The van der Waals surface area contributed by atoms with Crippen LogP contribution in [0.1, 0.15) is 96.5 Å². The first-order chi connectivity index (χ1) is 22.6. The zero-order valence-electron chi connectivity index (χ0n) is 27.5. The van der Waals surface area contributed by atoms with Crippen LogP contribution in [0.4, 0.5) is 13.2 Å². The molecule has 0 aromatic carbocycles. The van der Waals surface area contributed by atoms with Gasteiger partial charge in [0, 0.05) is 43.4 Å². The zero-order valence-corrected chi connectivity index (χ0v) is 28.3. The number of halogens is 3. The smallest absolute Gasteiger partial charge is 0.394 e. The van der Waals surface area contributed by atoms with Crippen LogP contribution >= 0.6 is 11.9 Å². The Morgan fingerprint density at radius 2 is 1.94 bits per heavy atom. The predicted molar refractivity (Wildman–Crippen MR) is 172 cm³/mol. The summed E-state index contributed by atoms with van der Waals surface area (Å²) in [6.07, 6.45) is 7.37. The molecule has 5 fully saturated rings. The maximum absolute atomic E-state index is 13.4. The number of H-pyrrole nitrogens is 1. The van der Waals surface area contributed by atoms with Crippen molar-refractivity contribution in [2.24, 2.45) is 17.3 Å². The molecular weight excluding hydrogens is 631 g/mol. The van der Waals surface area contributed by atoms with Gasteiger partial charge in [-0.3, -0.25) is 29.8 Å². The van der Waals surface area contributed by atoms with Gasteiger partial charge in [0.05, 0.1) is 36.3 Å². The number of nitrogens with one attached hydrogen (secondary N) is 4. The van der Waals surface area contributed by atoms with E-state index in [2.05, 4.69) is 64.7 Å². The molecular formula is C31H50F3N11OS. The minimum atomic E-state index is -4.16. The van der Waals surface area contributed by atoms with E-state index < -0.39 is 11.6 Å². The first-order valence-corrected chi connectivity index (χ1v) is 18.3. The minimum absolute atomic E-state index is 0.0115. The van der Waals surface area contributed by atoms with Crippen molar-refractivity contribution in [1.82, 2.24) is 55.6 Å². The lowest BCUT2D eigenvalue weighted by molar-refractivity contribution is -0.190. The highest BCUT2D eigenvalue weighted by Crippen LogP contribution is 2.59. The topological polar surface area (TPSA) is 124 Å². The van der Waals surface area contributed by atoms with Crippen molar-refractivity contribution in [3.8, 4) is 5.88 Å². The van der Waals surface area contributed by atoms with Gasteiger partial charge < -0.3 is 4.74 Å². The molecule has 6 unspecified atom stereocenters. The Morgan fingerprint density at radius 3 is 2.72 bits per heavy atom. The summed E-state index contributed by atoms with van der Waals surface area (Å²) in [6, 6.07) is 1.78. The van der Waals surface area contributed by atoms with Crippen molar-refractivity contribution < 1.29 is 17.9 Å². The number of piperidine rings is 2. The highest BCUT2D eigenvalue weighted by Gasteiger charge is 2.62. The number of alkyl halides is 3. The third-order valence-corrected chi connectivity index (χ3v) is 12.3. The monoisotopic (exact) mass is 681 g/mol. The fourth-order valence-corrected chi connectivity index (χ4v) is 9.45. The van der Waals surface area contributed by atoms with Gasteiger partial charge in [-0.15, -0.1) is 15.3 Å². The van der Waals surface area contributed by atoms with E-state index >= 15 is 0 Å². The number of ether oxygens (including phenoxy) is 1. The van der Waals surface area contributed by atoms with E-state index in [0.717, 1.165) is 64.0 Å². The van der Waals surface area contributed by atoms with Gasteiger partial charge in [0.1, 0.15) is 6.17 Å². The van der Waals surface area contributed by atoms with Gasteiger partial charge in [-0.25, -0.2) is 0 Å². The maximum Gasteiger partial charge on any atom is 0.394 e. The van der Waals surface area contributed by atoms with E-state index in [4.69, 9.17) is 4.74 Å². The number of rotatable bonds is 7. The van der Waals surface area contributed by atoms with Crippen LogP contribution in [0.5, 0.6) is 5.88 Å². The molecule has 1 aliphatic carbocycles. The van der Waals surface area contributed by atoms with Crippen molar-refractivity contribution in [2.75, 3.05) is 26.2 Å². The van der Waals surface area contributed by atoms with E-state index in [-0.39, 0.29) is 49.9 Å². The molecule has 16 heteroatoms. The number of tetrazole rings is 1. The summed E-state index contributed by atoms with van der Waals surface area (Å²) in [7, 11) is 0. The molecule has 7 atom stereocenters. The number of aromatic nitrogens is 6. The molecule has 12 nitrogen and oxygen atoms in total. The van der Waals surface area contributed by atoms with Crippen LogP contribution in [0.25, 0.3) is 0 Å². The van der Waals surface area contributed by atoms with Gasteiger partial charge in [0.2, 0.25) is 5.88 Å². The Kier molecular flexibility index (Phi) is 9.79. The average Bonchev–Trinajstić information content (AvgIpc) is 3.32. The van der Waals surface area contributed by atoms with Gasteiger partial charge in [0.15, 0.2) is 5.82 Å². The molecule has 0 spiro atoms. The zero-order chi connectivity index (χ0) is 32.6. The Balaban J connectivity index is 1.02. The van der Waals surface area contributed by atoms with Crippen molar-refractivity contribution >= 4 is 11.9 Å². The number of hydrogen-bond acceptors (Lipinski definition) is 11. The fraction of sp³-hybridized carbons (Fsp3) is 0.871. The Labute approximate surface area is 279 Å². The lowest BCUT2D eigenvalue weighted by Crippen LogP contribution is -2.60. The summed E-state index contributed by atoms with van der Waals surface area (Å²) < 4.78 is 51.5. The Morgan fingerprint density at radius 1 is 1.06 bits per heavy atom. The number of fused-ring (bicyclic) bond motifs is 6. The molecule has 4 saturated heterocycles. The van der Waals surface area contributed by atoms with Crippen LogP contribution in [0, 0.1) is 17.3 Å². The van der Waals surface area contributed by atoms with Gasteiger partial charge >= 0.3 is 6.18 Å². The summed E-state index contributed by atoms with van der Waals surface area (Å²) in [5.41, 5.74) is -1.51. The van der Waals surface area contributed by atoms with E-state index in [0.29, 0.717) is 29.6 Å². The second-order valence-corrected chi connectivity index (χ2v) is 16.1. The molecule has 0 radical (unpaired) electrons. The highest BCUT2D eigenvalue weighted by molar-refractivity contribution is 7.98. The van der Waals surface area contributed by atoms with Crippen LogP contribution < -0.4 is 20.1 Å². The Hall–Kier alpha value is -1.98. The molecule has 1 saturated carbocycles. The first kappa shape index (κ1) is 33.5. The number of aromatic amines is 1. The fourth-order valence-electron chi connectivity index (χ4n) is 8.43. The molecule has 6 heterocycles. The number of nitrogens with zero attached hydrogens (tertiary/aromatic N) is 7. The second kappa shape index (κ2) is 13.7. The minimum Gasteiger partial charge on any atom is -0.477 e. The Bertz CT molecular complexity index is 1310. The SMILES string of the molecule is CC1(C)C[C@@H]2CCCN(Cc3nn[nH]n3)C3CCCC(N3)SNCC3CCC(n4ccc(OCCC5(C(F)(F)F)CC5)n4)NC3N1C2. The van der Waals surface area contributed by atoms with Crippen LogP contribution in [-0.4, -0.2) is 95.9 Å². The van der Waals surface area contributed by atoms with E-state index in [9.17, 15) is 13.2 Å². The summed E-state index contributed by atoms with van der Waals surface area (Å²) in [5.74, 6) is 2.15. The molecule has 4 N–H and O–H groups in total. The quantitative estimate of drug-likeness (QED) is 0.311. The van der Waals surface area contributed by atoms with E-state index in [1.165, 1.54) is 12.8 Å². The second-order valence-electron chi connectivity index (χ2n) is 15.0. The molecule has 262 valence electrons. The van der Waals surface area contributed by atoms with Crippen LogP contribution in [0.15, 0.2) is 12.3 Å². The van der Waals surface area contributed by atoms with Gasteiger partial charge in [-0.1, -0.05) is 17.2 Å². The van der Waals surface area contributed by atoms with Crippen molar-refractivity contribution in [3.05, 3.63) is 18.1 Å². The molecule has 2 aromatic heterocycles. The van der Waals surface area contributed by atoms with E-state index in [1.54, 1.807) is 6.07 Å². The van der Waals surface area contributed by atoms with Crippen LogP contribution in [0.3, 0.4) is 0 Å². The molecule has 7 rings (SSSR count). The van der Waals surface area contributed by atoms with Gasteiger partial charge in [0.25, 0.3) is 0 Å². The van der Waals surface area contributed by atoms with Gasteiger partial charge in [-0.2, -0.15) is 18.4 Å². The standard InChI is InChI=1S/C31H50F3N11OS/c1-29(2)17-21-5-4-14-43(20-23-38-41-42-39-23)24-6-3-7-27(36-24)47-35-18-22-8-9-25(37-28(22)44(29)19-21)45-15-10-26(40-45)46-16-13-30(11-12-30)31(32,33)34/h10,15,21-22,24-25,27-28,35-37H,3-9,11-14,16-20H2,1-2H3,(H,38,39,41,42)/t21-,22?,24?,25?,27?,28?/m0/s1. The largest absolute Gasteiger partial charge is 0.477 e. The molecule has 0 amide bonds. The molecule has 47 heavy (non-hydrogen) atoms. The molecule has 2 aromatic rings. The van der Waals surface area contributed by atoms with Crippen molar-refractivity contribution in [3.63, 3.8) is 0 Å². The van der Waals surface area contributed by atoms with Crippen LogP contribution in [-0.2, 0) is 6.54 Å². The first-order valence-electron chi connectivity index (χ1n) is 17.5.